The SMILES string of the molecule is CCOC(=O)c1n[nH]nc1-c1ccc(OC)c(COc2cc(C)c(Cl)cc2C(C)C)c1. The minimum atomic E-state index is -0.530. The van der Waals surface area contributed by atoms with Gasteiger partial charge in [0.05, 0.1) is 13.7 Å². The van der Waals surface area contributed by atoms with Crippen molar-refractivity contribution in [3.63, 3.8) is 0 Å². The maximum atomic E-state index is 12.2. The van der Waals surface area contributed by atoms with E-state index >= 15 is 0 Å². The highest BCUT2D eigenvalue weighted by Gasteiger charge is 2.20. The summed E-state index contributed by atoms with van der Waals surface area (Å²) in [5.41, 5.74) is 4.03. The van der Waals surface area contributed by atoms with Crippen LogP contribution in [0.15, 0.2) is 30.3 Å². The van der Waals surface area contributed by atoms with Gasteiger partial charge >= 0.3 is 5.97 Å². The molecule has 3 rings (SSSR count). The molecule has 0 aliphatic carbocycles. The van der Waals surface area contributed by atoms with Gasteiger partial charge in [0, 0.05) is 16.1 Å². The molecule has 1 aromatic heterocycles. The summed E-state index contributed by atoms with van der Waals surface area (Å²) in [6.07, 6.45) is 0. The normalized spacial score (nSPS) is 10.9. The number of nitrogens with zero attached hydrogens (tertiary/aromatic N) is 2. The monoisotopic (exact) mass is 443 g/mol. The molecule has 0 radical (unpaired) electrons. The second-order valence-electron chi connectivity index (χ2n) is 7.35. The lowest BCUT2D eigenvalue weighted by Gasteiger charge is -2.17. The molecule has 2 aromatic carbocycles. The average Bonchev–Trinajstić information content (AvgIpc) is 3.24. The molecule has 0 aliphatic heterocycles. The zero-order chi connectivity index (χ0) is 22.5. The molecule has 0 saturated carbocycles. The van der Waals surface area contributed by atoms with Crippen LogP contribution in [0.5, 0.6) is 11.5 Å². The third kappa shape index (κ3) is 4.99. The van der Waals surface area contributed by atoms with E-state index in [0.717, 1.165) is 22.4 Å². The Morgan fingerprint density at radius 3 is 2.61 bits per heavy atom. The zero-order valence-electron chi connectivity index (χ0n) is 18.3. The number of methoxy groups -OCH3 is 1. The number of hydrogen-bond donors (Lipinski definition) is 1. The van der Waals surface area contributed by atoms with Crippen LogP contribution in [0.25, 0.3) is 11.3 Å². The highest BCUT2D eigenvalue weighted by molar-refractivity contribution is 6.31. The number of hydrogen-bond acceptors (Lipinski definition) is 6. The minimum absolute atomic E-state index is 0.134. The Balaban J connectivity index is 1.93. The molecule has 31 heavy (non-hydrogen) atoms. The average molecular weight is 444 g/mol. The van der Waals surface area contributed by atoms with Gasteiger partial charge in [0.2, 0.25) is 0 Å². The van der Waals surface area contributed by atoms with Gasteiger partial charge in [-0.1, -0.05) is 25.4 Å². The molecular formula is C23H26ClN3O4. The number of carbonyl (C=O) groups excluding carboxylic acids is 1. The number of aromatic amines is 1. The third-order valence-corrected chi connectivity index (χ3v) is 5.27. The van der Waals surface area contributed by atoms with E-state index in [1.54, 1.807) is 14.0 Å². The number of nitrogens with one attached hydrogen (secondary N) is 1. The lowest BCUT2D eigenvalue weighted by molar-refractivity contribution is 0.0520. The number of esters is 1. The second kappa shape index (κ2) is 9.83. The van der Waals surface area contributed by atoms with Crippen LogP contribution in [0, 0.1) is 6.92 Å². The summed E-state index contributed by atoms with van der Waals surface area (Å²) < 4.78 is 16.7. The summed E-state index contributed by atoms with van der Waals surface area (Å²) in [5.74, 6) is 1.17. The summed E-state index contributed by atoms with van der Waals surface area (Å²) in [4.78, 5) is 12.2. The van der Waals surface area contributed by atoms with Gasteiger partial charge in [-0.15, -0.1) is 5.10 Å². The number of aryl methyl sites for hydroxylation is 1. The molecule has 0 spiro atoms. The summed E-state index contributed by atoms with van der Waals surface area (Å²) in [7, 11) is 1.60. The van der Waals surface area contributed by atoms with E-state index in [1.807, 2.05) is 37.3 Å². The van der Waals surface area contributed by atoms with Crippen molar-refractivity contribution in [1.82, 2.24) is 15.4 Å². The Bertz CT molecular complexity index is 1080. The van der Waals surface area contributed by atoms with Crippen LogP contribution in [-0.2, 0) is 11.3 Å². The van der Waals surface area contributed by atoms with Gasteiger partial charge in [-0.3, -0.25) is 0 Å². The summed E-state index contributed by atoms with van der Waals surface area (Å²) in [5, 5.41) is 11.3. The predicted molar refractivity (Wildman–Crippen MR) is 119 cm³/mol. The van der Waals surface area contributed by atoms with Crippen LogP contribution >= 0.6 is 11.6 Å². The van der Waals surface area contributed by atoms with Crippen LogP contribution in [0.4, 0.5) is 0 Å². The first-order chi connectivity index (χ1) is 14.8. The summed E-state index contributed by atoms with van der Waals surface area (Å²) in [6.45, 7) is 8.40. The van der Waals surface area contributed by atoms with Crippen molar-refractivity contribution in [2.45, 2.75) is 40.2 Å². The number of halogens is 1. The van der Waals surface area contributed by atoms with Crippen LogP contribution in [-0.4, -0.2) is 35.1 Å². The minimum Gasteiger partial charge on any atom is -0.496 e. The van der Waals surface area contributed by atoms with Crippen molar-refractivity contribution < 1.29 is 19.0 Å². The molecule has 1 heterocycles. The van der Waals surface area contributed by atoms with Gasteiger partial charge in [0.1, 0.15) is 23.8 Å². The standard InChI is InChI=1S/C23H26ClN3O4/c1-6-30-23(28)22-21(25-27-26-22)15-7-8-19(29-5)16(10-15)12-31-20-9-14(4)18(24)11-17(20)13(2)3/h7-11,13H,6,12H2,1-5H3,(H,25,26,27). The maximum Gasteiger partial charge on any atom is 0.361 e. The molecule has 164 valence electrons. The first kappa shape index (κ1) is 22.6. The highest BCUT2D eigenvalue weighted by atomic mass is 35.5. The summed E-state index contributed by atoms with van der Waals surface area (Å²) >= 11 is 6.31. The maximum absolute atomic E-state index is 12.2. The van der Waals surface area contributed by atoms with E-state index in [2.05, 4.69) is 29.3 Å². The molecule has 3 aromatic rings. The molecule has 0 saturated heterocycles. The van der Waals surface area contributed by atoms with Crippen molar-refractivity contribution in [3.05, 3.63) is 57.7 Å². The van der Waals surface area contributed by atoms with E-state index in [1.165, 1.54) is 0 Å². The molecule has 0 amide bonds. The van der Waals surface area contributed by atoms with E-state index < -0.39 is 5.97 Å². The Labute approximate surface area is 186 Å². The molecule has 0 fully saturated rings. The smallest absolute Gasteiger partial charge is 0.361 e. The zero-order valence-corrected chi connectivity index (χ0v) is 19.0. The van der Waals surface area contributed by atoms with Gasteiger partial charge in [0.15, 0.2) is 5.69 Å². The van der Waals surface area contributed by atoms with Crippen molar-refractivity contribution in [1.29, 1.82) is 0 Å². The lowest BCUT2D eigenvalue weighted by Crippen LogP contribution is -2.07. The molecule has 0 unspecified atom stereocenters. The molecule has 0 bridgehead atoms. The number of ether oxygens (including phenoxy) is 3. The van der Waals surface area contributed by atoms with Gasteiger partial charge in [-0.05, 0) is 61.2 Å². The van der Waals surface area contributed by atoms with Crippen LogP contribution < -0.4 is 9.47 Å². The first-order valence-electron chi connectivity index (χ1n) is 10.0. The Kier molecular flexibility index (Phi) is 7.17. The van der Waals surface area contributed by atoms with Crippen molar-refractivity contribution in [2.24, 2.45) is 0 Å². The van der Waals surface area contributed by atoms with Crippen LogP contribution in [0.3, 0.4) is 0 Å². The van der Waals surface area contributed by atoms with Gasteiger partial charge in [-0.2, -0.15) is 10.3 Å². The summed E-state index contributed by atoms with van der Waals surface area (Å²) in [6, 6.07) is 9.40. The van der Waals surface area contributed by atoms with Gasteiger partial charge < -0.3 is 14.2 Å². The van der Waals surface area contributed by atoms with Gasteiger partial charge in [-0.25, -0.2) is 4.79 Å². The van der Waals surface area contributed by atoms with E-state index in [9.17, 15) is 4.79 Å². The largest absolute Gasteiger partial charge is 0.496 e. The number of benzene rings is 2. The molecule has 0 atom stereocenters. The van der Waals surface area contributed by atoms with Gasteiger partial charge in [0.25, 0.3) is 0 Å². The first-order valence-corrected chi connectivity index (χ1v) is 10.4. The number of carbonyl (C=O) groups is 1. The topological polar surface area (TPSA) is 86.3 Å². The fourth-order valence-corrected chi connectivity index (χ4v) is 3.39. The van der Waals surface area contributed by atoms with Crippen molar-refractivity contribution in [3.8, 4) is 22.8 Å². The predicted octanol–water partition coefficient (Wildman–Crippen LogP) is 5.32. The third-order valence-electron chi connectivity index (χ3n) is 4.87. The molecule has 7 nitrogen and oxygen atoms in total. The van der Waals surface area contributed by atoms with E-state index in [-0.39, 0.29) is 24.8 Å². The molecular weight excluding hydrogens is 418 g/mol. The highest BCUT2D eigenvalue weighted by Crippen LogP contribution is 2.34. The fraction of sp³-hybridized carbons (Fsp3) is 0.348. The lowest BCUT2D eigenvalue weighted by atomic mass is 10.0. The van der Waals surface area contributed by atoms with E-state index in [0.29, 0.717) is 22.0 Å². The Morgan fingerprint density at radius 1 is 1.16 bits per heavy atom. The fourth-order valence-electron chi connectivity index (χ4n) is 3.21. The number of aromatic nitrogens is 3. The Morgan fingerprint density at radius 2 is 1.94 bits per heavy atom. The van der Waals surface area contributed by atoms with Crippen LogP contribution in [0.2, 0.25) is 5.02 Å². The van der Waals surface area contributed by atoms with Crippen molar-refractivity contribution >= 4 is 17.6 Å². The number of rotatable bonds is 8. The quantitative estimate of drug-likeness (QED) is 0.474. The Hall–Kier alpha value is -3.06. The second-order valence-corrected chi connectivity index (χ2v) is 7.76. The van der Waals surface area contributed by atoms with Crippen LogP contribution in [0.1, 0.15) is 53.9 Å². The molecule has 0 aliphatic rings. The molecule has 8 heteroatoms. The van der Waals surface area contributed by atoms with Crippen molar-refractivity contribution in [2.75, 3.05) is 13.7 Å². The molecule has 1 N–H and O–H groups in total. The number of H-pyrrole nitrogens is 1. The van der Waals surface area contributed by atoms with E-state index in [4.69, 9.17) is 25.8 Å².